The van der Waals surface area contributed by atoms with Gasteiger partial charge < -0.3 is 4.90 Å². The minimum absolute atomic E-state index is 0.0317. The van der Waals surface area contributed by atoms with E-state index in [0.717, 1.165) is 5.56 Å². The van der Waals surface area contributed by atoms with Gasteiger partial charge in [-0.1, -0.05) is 30.3 Å². The third-order valence-corrected chi connectivity index (χ3v) is 5.64. The molecule has 6 heteroatoms. The number of hydrogen-bond donors (Lipinski definition) is 0. The fourth-order valence-electron chi connectivity index (χ4n) is 2.32. The smallest absolute Gasteiger partial charge is 0.253 e. The molecule has 0 aliphatic carbocycles. The molecule has 0 heterocycles. The van der Waals surface area contributed by atoms with Crippen molar-refractivity contribution in [3.05, 3.63) is 65.7 Å². The Morgan fingerprint density at radius 2 is 1.54 bits per heavy atom. The third-order valence-electron chi connectivity index (χ3n) is 3.87. The summed E-state index contributed by atoms with van der Waals surface area (Å²) in [5.41, 5.74) is 2.12. The van der Waals surface area contributed by atoms with E-state index in [1.54, 1.807) is 43.1 Å². The molecule has 0 spiro atoms. The van der Waals surface area contributed by atoms with Gasteiger partial charge in [0.05, 0.1) is 11.4 Å². The molecule has 0 bridgehead atoms. The number of hydrogen-bond acceptors (Lipinski definition) is 3. The molecule has 0 fully saturated rings. The second-order valence-corrected chi connectivity index (χ2v) is 7.85. The number of anilines is 1. The number of nitrogens with zero attached hydrogens (tertiary/aromatic N) is 2. The van der Waals surface area contributed by atoms with Gasteiger partial charge in [0.1, 0.15) is 0 Å². The monoisotopic (exact) mass is 346 g/mol. The first-order chi connectivity index (χ1) is 11.3. The van der Waals surface area contributed by atoms with Crippen LogP contribution < -0.4 is 4.31 Å². The van der Waals surface area contributed by atoms with Gasteiger partial charge >= 0.3 is 0 Å². The van der Waals surface area contributed by atoms with Crippen LogP contribution in [0.3, 0.4) is 0 Å². The normalized spacial score (nSPS) is 11.1. The Labute approximate surface area is 143 Å². The van der Waals surface area contributed by atoms with Gasteiger partial charge in [-0.2, -0.15) is 0 Å². The molecule has 24 heavy (non-hydrogen) atoms. The lowest BCUT2D eigenvalue weighted by atomic mass is 10.1. The largest absolute Gasteiger partial charge is 0.337 e. The molecule has 2 rings (SSSR count). The summed E-state index contributed by atoms with van der Waals surface area (Å²) >= 11 is 0. The SMILES string of the molecule is CCS(=O)(=O)N(C)c1ccc(C(=O)N(C)Cc2ccccc2)cc1. The maximum Gasteiger partial charge on any atom is 0.253 e. The average molecular weight is 346 g/mol. The van der Waals surface area contributed by atoms with Crippen molar-refractivity contribution >= 4 is 21.6 Å². The standard InChI is InChI=1S/C18H22N2O3S/c1-4-24(22,23)20(3)17-12-10-16(11-13-17)18(21)19(2)14-15-8-6-5-7-9-15/h5-13H,4,14H2,1-3H3. The van der Waals surface area contributed by atoms with Crippen molar-refractivity contribution in [1.29, 1.82) is 0 Å². The Morgan fingerprint density at radius 3 is 2.08 bits per heavy atom. The highest BCUT2D eigenvalue weighted by Gasteiger charge is 2.17. The summed E-state index contributed by atoms with van der Waals surface area (Å²) < 4.78 is 25.0. The Balaban J connectivity index is 2.11. The summed E-state index contributed by atoms with van der Waals surface area (Å²) in [4.78, 5) is 14.1. The topological polar surface area (TPSA) is 57.7 Å². The molecule has 0 aliphatic rings. The molecule has 0 atom stereocenters. The van der Waals surface area contributed by atoms with Crippen molar-refractivity contribution in [1.82, 2.24) is 4.90 Å². The summed E-state index contributed by atoms with van der Waals surface area (Å²) in [6.07, 6.45) is 0. The van der Waals surface area contributed by atoms with Crippen LogP contribution in [-0.2, 0) is 16.6 Å². The molecule has 0 radical (unpaired) electrons. The molecular formula is C18H22N2O3S. The Kier molecular flexibility index (Phi) is 5.62. The lowest BCUT2D eigenvalue weighted by molar-refractivity contribution is 0.0785. The van der Waals surface area contributed by atoms with Crippen LogP contribution in [0.4, 0.5) is 5.69 Å². The van der Waals surface area contributed by atoms with Crippen molar-refractivity contribution < 1.29 is 13.2 Å². The van der Waals surface area contributed by atoms with Gasteiger partial charge in [-0.25, -0.2) is 8.42 Å². The zero-order valence-electron chi connectivity index (χ0n) is 14.1. The van der Waals surface area contributed by atoms with E-state index in [1.165, 1.54) is 11.4 Å². The van der Waals surface area contributed by atoms with Crippen LogP contribution in [-0.4, -0.2) is 39.1 Å². The van der Waals surface area contributed by atoms with Crippen molar-refractivity contribution in [3.63, 3.8) is 0 Å². The van der Waals surface area contributed by atoms with Crippen LogP contribution in [0, 0.1) is 0 Å². The second kappa shape index (κ2) is 7.49. The third kappa shape index (κ3) is 4.14. The van der Waals surface area contributed by atoms with Crippen LogP contribution in [0.15, 0.2) is 54.6 Å². The lowest BCUT2D eigenvalue weighted by Crippen LogP contribution is -2.28. The number of benzene rings is 2. The lowest BCUT2D eigenvalue weighted by Gasteiger charge is -2.20. The molecule has 1 amide bonds. The van der Waals surface area contributed by atoms with Crippen LogP contribution in [0.1, 0.15) is 22.8 Å². The molecule has 128 valence electrons. The quantitative estimate of drug-likeness (QED) is 0.808. The van der Waals surface area contributed by atoms with Crippen LogP contribution in [0.25, 0.3) is 0 Å². The van der Waals surface area contributed by atoms with E-state index in [9.17, 15) is 13.2 Å². The summed E-state index contributed by atoms with van der Waals surface area (Å²) in [5.74, 6) is -0.0734. The minimum Gasteiger partial charge on any atom is -0.337 e. The number of amides is 1. The van der Waals surface area contributed by atoms with Crippen LogP contribution in [0.2, 0.25) is 0 Å². The van der Waals surface area contributed by atoms with E-state index in [2.05, 4.69) is 0 Å². The van der Waals surface area contributed by atoms with E-state index < -0.39 is 10.0 Å². The summed E-state index contributed by atoms with van der Waals surface area (Å²) in [7, 11) is -0.0453. The first-order valence-corrected chi connectivity index (χ1v) is 9.32. The summed E-state index contributed by atoms with van der Waals surface area (Å²) in [6, 6.07) is 16.4. The average Bonchev–Trinajstić information content (AvgIpc) is 2.61. The highest BCUT2D eigenvalue weighted by Crippen LogP contribution is 2.18. The molecule has 0 saturated heterocycles. The van der Waals surface area contributed by atoms with Gasteiger partial charge in [-0.3, -0.25) is 9.10 Å². The predicted molar refractivity (Wildman–Crippen MR) is 96.5 cm³/mol. The molecule has 0 aliphatic heterocycles. The van der Waals surface area contributed by atoms with Crippen molar-refractivity contribution in [2.45, 2.75) is 13.5 Å². The van der Waals surface area contributed by atoms with E-state index in [1.807, 2.05) is 30.3 Å². The Hall–Kier alpha value is -2.34. The molecule has 2 aromatic carbocycles. The van der Waals surface area contributed by atoms with Gasteiger partial charge in [-0.15, -0.1) is 0 Å². The van der Waals surface area contributed by atoms with Gasteiger partial charge in [0.25, 0.3) is 5.91 Å². The minimum atomic E-state index is -3.30. The van der Waals surface area contributed by atoms with E-state index in [-0.39, 0.29) is 11.7 Å². The number of carbonyl (C=O) groups excluding carboxylic acids is 1. The van der Waals surface area contributed by atoms with Gasteiger partial charge in [0.15, 0.2) is 0 Å². The van der Waals surface area contributed by atoms with E-state index in [0.29, 0.717) is 17.8 Å². The molecule has 5 nitrogen and oxygen atoms in total. The van der Waals surface area contributed by atoms with Crippen LogP contribution in [0.5, 0.6) is 0 Å². The molecule has 2 aromatic rings. The fourth-order valence-corrected chi connectivity index (χ4v) is 3.15. The van der Waals surface area contributed by atoms with Crippen LogP contribution >= 0.6 is 0 Å². The summed E-state index contributed by atoms with van der Waals surface area (Å²) in [5, 5.41) is 0. The first kappa shape index (κ1) is 18.0. The summed E-state index contributed by atoms with van der Waals surface area (Å²) in [6.45, 7) is 2.12. The van der Waals surface area contributed by atoms with Gasteiger partial charge in [-0.05, 0) is 36.8 Å². The molecule has 0 saturated carbocycles. The maximum atomic E-state index is 12.5. The van der Waals surface area contributed by atoms with E-state index in [4.69, 9.17) is 0 Å². The zero-order chi connectivity index (χ0) is 17.7. The Morgan fingerprint density at radius 1 is 0.958 bits per heavy atom. The number of sulfonamides is 1. The molecular weight excluding hydrogens is 324 g/mol. The van der Waals surface area contributed by atoms with Crippen molar-refractivity contribution in [3.8, 4) is 0 Å². The van der Waals surface area contributed by atoms with Crippen molar-refractivity contribution in [2.24, 2.45) is 0 Å². The van der Waals surface area contributed by atoms with Gasteiger partial charge in [0.2, 0.25) is 10.0 Å². The zero-order valence-corrected chi connectivity index (χ0v) is 15.0. The second-order valence-electron chi connectivity index (χ2n) is 5.56. The van der Waals surface area contributed by atoms with E-state index >= 15 is 0 Å². The molecule has 0 aromatic heterocycles. The number of rotatable bonds is 6. The van der Waals surface area contributed by atoms with Gasteiger partial charge in [0, 0.05) is 26.2 Å². The number of carbonyl (C=O) groups is 1. The Bertz CT molecular complexity index is 787. The van der Waals surface area contributed by atoms with Crippen molar-refractivity contribution in [2.75, 3.05) is 24.2 Å². The molecule has 0 N–H and O–H groups in total. The fraction of sp³-hybridized carbons (Fsp3) is 0.278. The molecule has 0 unspecified atom stereocenters. The predicted octanol–water partition coefficient (Wildman–Crippen LogP) is 2.74. The highest BCUT2D eigenvalue weighted by molar-refractivity contribution is 7.92. The first-order valence-electron chi connectivity index (χ1n) is 7.71. The maximum absolute atomic E-state index is 12.5. The highest BCUT2D eigenvalue weighted by atomic mass is 32.2.